The van der Waals surface area contributed by atoms with Crippen molar-refractivity contribution in [3.05, 3.63) is 54.1 Å². The van der Waals surface area contributed by atoms with Crippen LogP contribution in [0.1, 0.15) is 18.5 Å². The van der Waals surface area contributed by atoms with Crippen LogP contribution in [0.2, 0.25) is 0 Å². The predicted octanol–water partition coefficient (Wildman–Crippen LogP) is 3.75. The normalized spacial score (nSPS) is 11.4. The van der Waals surface area contributed by atoms with E-state index >= 15 is 0 Å². The van der Waals surface area contributed by atoms with Gasteiger partial charge in [-0.25, -0.2) is 0 Å². The van der Waals surface area contributed by atoms with Gasteiger partial charge < -0.3 is 20.1 Å². The third-order valence-electron chi connectivity index (χ3n) is 3.27. The van der Waals surface area contributed by atoms with Crippen molar-refractivity contribution in [2.75, 3.05) is 19.5 Å². The van der Waals surface area contributed by atoms with Gasteiger partial charge in [0.15, 0.2) is 5.11 Å². The lowest BCUT2D eigenvalue weighted by Gasteiger charge is -2.18. The average molecular weight is 316 g/mol. The van der Waals surface area contributed by atoms with E-state index in [-0.39, 0.29) is 6.04 Å². The summed E-state index contributed by atoms with van der Waals surface area (Å²) < 4.78 is 10.4. The molecule has 22 heavy (non-hydrogen) atoms. The van der Waals surface area contributed by atoms with Gasteiger partial charge in [-0.2, -0.15) is 0 Å². The number of benzene rings is 2. The van der Waals surface area contributed by atoms with E-state index in [0.717, 1.165) is 22.7 Å². The SMILES string of the molecule is COc1cccc(NC(=S)NC(C)c2cccc(OC)c2)c1. The summed E-state index contributed by atoms with van der Waals surface area (Å²) in [5.74, 6) is 1.62. The van der Waals surface area contributed by atoms with Crippen molar-refractivity contribution >= 4 is 23.0 Å². The summed E-state index contributed by atoms with van der Waals surface area (Å²) in [6.07, 6.45) is 0. The molecule has 0 aromatic heterocycles. The molecule has 2 N–H and O–H groups in total. The predicted molar refractivity (Wildman–Crippen MR) is 93.8 cm³/mol. The highest BCUT2D eigenvalue weighted by molar-refractivity contribution is 7.80. The quantitative estimate of drug-likeness (QED) is 0.822. The minimum atomic E-state index is 0.0701. The second-order valence-electron chi connectivity index (χ2n) is 4.83. The number of anilines is 1. The zero-order valence-electron chi connectivity index (χ0n) is 12.9. The molecule has 0 saturated carbocycles. The van der Waals surface area contributed by atoms with Crippen molar-refractivity contribution < 1.29 is 9.47 Å². The highest BCUT2D eigenvalue weighted by atomic mass is 32.1. The molecule has 5 heteroatoms. The maximum absolute atomic E-state index is 5.36. The fraction of sp³-hybridized carbons (Fsp3) is 0.235. The van der Waals surface area contributed by atoms with Crippen LogP contribution in [0.4, 0.5) is 5.69 Å². The maximum atomic E-state index is 5.36. The van der Waals surface area contributed by atoms with E-state index in [2.05, 4.69) is 10.6 Å². The summed E-state index contributed by atoms with van der Waals surface area (Å²) in [5, 5.41) is 6.97. The summed E-state index contributed by atoms with van der Waals surface area (Å²) >= 11 is 5.36. The van der Waals surface area contributed by atoms with Crippen LogP contribution in [-0.4, -0.2) is 19.3 Å². The Balaban J connectivity index is 1.98. The molecule has 0 amide bonds. The van der Waals surface area contributed by atoms with Gasteiger partial charge in [0.1, 0.15) is 11.5 Å². The van der Waals surface area contributed by atoms with Gasteiger partial charge in [0, 0.05) is 11.8 Å². The van der Waals surface area contributed by atoms with Gasteiger partial charge in [0.2, 0.25) is 0 Å². The number of ether oxygens (including phenoxy) is 2. The Morgan fingerprint density at radius 2 is 1.64 bits per heavy atom. The molecule has 0 aliphatic carbocycles. The van der Waals surface area contributed by atoms with Gasteiger partial charge in [-0.1, -0.05) is 18.2 Å². The lowest BCUT2D eigenvalue weighted by Crippen LogP contribution is -2.30. The monoisotopic (exact) mass is 316 g/mol. The Morgan fingerprint density at radius 1 is 1.00 bits per heavy atom. The van der Waals surface area contributed by atoms with Crippen LogP contribution in [0.5, 0.6) is 11.5 Å². The molecule has 0 bridgehead atoms. The van der Waals surface area contributed by atoms with E-state index < -0.39 is 0 Å². The first-order valence-corrected chi connectivity index (χ1v) is 7.38. The van der Waals surface area contributed by atoms with Gasteiger partial charge in [-0.3, -0.25) is 0 Å². The Morgan fingerprint density at radius 3 is 2.32 bits per heavy atom. The first-order chi connectivity index (χ1) is 10.6. The molecule has 0 aliphatic heterocycles. The fourth-order valence-corrected chi connectivity index (χ4v) is 2.35. The zero-order chi connectivity index (χ0) is 15.9. The number of hydrogen-bond acceptors (Lipinski definition) is 3. The molecule has 4 nitrogen and oxygen atoms in total. The summed E-state index contributed by atoms with van der Waals surface area (Å²) in [6.45, 7) is 2.05. The standard InChI is InChI=1S/C17H20N2O2S/c1-12(13-6-4-8-15(10-13)20-2)18-17(22)19-14-7-5-9-16(11-14)21-3/h4-12H,1-3H3,(H2,18,19,22). The van der Waals surface area contributed by atoms with Gasteiger partial charge in [0.25, 0.3) is 0 Å². The third-order valence-corrected chi connectivity index (χ3v) is 3.49. The Labute approximate surface area is 136 Å². The lowest BCUT2D eigenvalue weighted by molar-refractivity contribution is 0.413. The Hall–Kier alpha value is -2.27. The first kappa shape index (κ1) is 16.1. The van der Waals surface area contributed by atoms with E-state index in [1.807, 2.05) is 55.5 Å². The zero-order valence-corrected chi connectivity index (χ0v) is 13.7. The summed E-state index contributed by atoms with van der Waals surface area (Å²) in [7, 11) is 3.30. The Bertz CT molecular complexity index is 646. The number of hydrogen-bond donors (Lipinski definition) is 2. The van der Waals surface area contributed by atoms with Crippen molar-refractivity contribution in [2.24, 2.45) is 0 Å². The molecule has 0 spiro atoms. The van der Waals surface area contributed by atoms with Crippen LogP contribution in [0.25, 0.3) is 0 Å². The second kappa shape index (κ2) is 7.66. The molecule has 0 saturated heterocycles. The van der Waals surface area contributed by atoms with Crippen LogP contribution in [0, 0.1) is 0 Å². The van der Waals surface area contributed by atoms with E-state index in [1.165, 1.54) is 0 Å². The topological polar surface area (TPSA) is 42.5 Å². The van der Waals surface area contributed by atoms with E-state index in [9.17, 15) is 0 Å². The van der Waals surface area contributed by atoms with Crippen molar-refractivity contribution in [3.63, 3.8) is 0 Å². The van der Waals surface area contributed by atoms with E-state index in [0.29, 0.717) is 5.11 Å². The van der Waals surface area contributed by atoms with E-state index in [1.54, 1.807) is 14.2 Å². The van der Waals surface area contributed by atoms with Gasteiger partial charge in [-0.15, -0.1) is 0 Å². The molecule has 0 fully saturated rings. The molecule has 1 unspecified atom stereocenters. The molecule has 2 aromatic carbocycles. The number of methoxy groups -OCH3 is 2. The summed E-state index contributed by atoms with van der Waals surface area (Å²) in [4.78, 5) is 0. The van der Waals surface area contributed by atoms with E-state index in [4.69, 9.17) is 21.7 Å². The van der Waals surface area contributed by atoms with Gasteiger partial charge in [0.05, 0.1) is 20.3 Å². The molecule has 2 rings (SSSR count). The summed E-state index contributed by atoms with van der Waals surface area (Å²) in [6, 6.07) is 15.6. The minimum Gasteiger partial charge on any atom is -0.497 e. The molecule has 0 radical (unpaired) electrons. The lowest BCUT2D eigenvalue weighted by atomic mass is 10.1. The molecule has 2 aromatic rings. The summed E-state index contributed by atoms with van der Waals surface area (Å²) in [5.41, 5.74) is 1.99. The van der Waals surface area contributed by atoms with Crippen LogP contribution >= 0.6 is 12.2 Å². The van der Waals surface area contributed by atoms with Crippen LogP contribution in [0.15, 0.2) is 48.5 Å². The largest absolute Gasteiger partial charge is 0.497 e. The first-order valence-electron chi connectivity index (χ1n) is 6.98. The van der Waals surface area contributed by atoms with Crippen molar-refractivity contribution in [2.45, 2.75) is 13.0 Å². The number of rotatable bonds is 5. The second-order valence-corrected chi connectivity index (χ2v) is 5.24. The number of nitrogens with one attached hydrogen (secondary N) is 2. The van der Waals surface area contributed by atoms with Crippen LogP contribution in [-0.2, 0) is 0 Å². The Kier molecular flexibility index (Phi) is 5.61. The smallest absolute Gasteiger partial charge is 0.171 e. The fourth-order valence-electron chi connectivity index (χ4n) is 2.06. The van der Waals surface area contributed by atoms with Crippen molar-refractivity contribution in [3.8, 4) is 11.5 Å². The molecular weight excluding hydrogens is 296 g/mol. The number of thiocarbonyl (C=S) groups is 1. The van der Waals surface area contributed by atoms with Gasteiger partial charge in [-0.05, 0) is 49.0 Å². The maximum Gasteiger partial charge on any atom is 0.171 e. The van der Waals surface area contributed by atoms with Crippen molar-refractivity contribution in [1.82, 2.24) is 5.32 Å². The molecule has 1 atom stereocenters. The molecule has 0 aliphatic rings. The average Bonchev–Trinajstić information content (AvgIpc) is 2.54. The highest BCUT2D eigenvalue weighted by Crippen LogP contribution is 2.20. The van der Waals surface area contributed by atoms with Crippen LogP contribution in [0.3, 0.4) is 0 Å². The highest BCUT2D eigenvalue weighted by Gasteiger charge is 2.08. The van der Waals surface area contributed by atoms with Crippen molar-refractivity contribution in [1.29, 1.82) is 0 Å². The van der Waals surface area contributed by atoms with Crippen LogP contribution < -0.4 is 20.1 Å². The minimum absolute atomic E-state index is 0.0701. The van der Waals surface area contributed by atoms with Gasteiger partial charge >= 0.3 is 0 Å². The molecular formula is C17H20N2O2S. The molecule has 0 heterocycles. The molecule has 116 valence electrons. The third kappa shape index (κ3) is 4.36.